The molecule has 2 rings (SSSR count). The van der Waals surface area contributed by atoms with E-state index in [4.69, 9.17) is 5.73 Å². The number of nitrogens with zero attached hydrogens (tertiary/aromatic N) is 2. The van der Waals surface area contributed by atoms with Crippen molar-refractivity contribution in [2.75, 3.05) is 20.1 Å². The first-order valence-corrected chi connectivity index (χ1v) is 7.11. The van der Waals surface area contributed by atoms with Crippen LogP contribution in [-0.2, 0) is 13.1 Å². The summed E-state index contributed by atoms with van der Waals surface area (Å²) in [4.78, 5) is 6.25. The van der Waals surface area contributed by atoms with Gasteiger partial charge in [-0.05, 0) is 24.0 Å². The Balaban J connectivity index is 0.00000220. The summed E-state index contributed by atoms with van der Waals surface area (Å²) in [5.74, 6) is 0.459. The maximum atomic E-state index is 9.50. The molecule has 0 spiro atoms. The monoisotopic (exact) mass is 404 g/mol. The van der Waals surface area contributed by atoms with E-state index in [-0.39, 0.29) is 30.1 Å². The predicted octanol–water partition coefficient (Wildman–Crippen LogP) is 1.30. The Bertz CT molecular complexity index is 441. The molecule has 0 radical (unpaired) electrons. The van der Waals surface area contributed by atoms with Crippen molar-refractivity contribution in [2.45, 2.75) is 32.0 Å². The Morgan fingerprint density at radius 1 is 1.29 bits per heavy atom. The van der Waals surface area contributed by atoms with Crippen LogP contribution in [0.2, 0.25) is 0 Å². The number of nitrogens with two attached hydrogens (primary N) is 1. The molecule has 118 valence electrons. The van der Waals surface area contributed by atoms with E-state index in [1.165, 1.54) is 11.1 Å². The second-order valence-electron chi connectivity index (χ2n) is 5.29. The Labute approximate surface area is 143 Å². The van der Waals surface area contributed by atoms with Gasteiger partial charge in [-0.2, -0.15) is 0 Å². The highest BCUT2D eigenvalue weighted by atomic mass is 127. The number of aliphatic imine (C=N–C) groups is 1. The van der Waals surface area contributed by atoms with Crippen LogP contribution in [0, 0.1) is 0 Å². The fourth-order valence-electron chi connectivity index (χ4n) is 2.37. The maximum Gasteiger partial charge on any atom is 0.188 e. The molecule has 4 N–H and O–H groups in total. The van der Waals surface area contributed by atoms with Crippen LogP contribution in [0.4, 0.5) is 0 Å². The van der Waals surface area contributed by atoms with Crippen LogP contribution in [0.3, 0.4) is 0 Å². The quantitative estimate of drug-likeness (QED) is 0.402. The second-order valence-corrected chi connectivity index (χ2v) is 5.29. The molecule has 1 aliphatic heterocycles. The molecule has 21 heavy (non-hydrogen) atoms. The van der Waals surface area contributed by atoms with Gasteiger partial charge in [0.25, 0.3) is 0 Å². The average Bonchev–Trinajstić information content (AvgIpc) is 2.48. The van der Waals surface area contributed by atoms with Gasteiger partial charge < -0.3 is 16.2 Å². The van der Waals surface area contributed by atoms with Crippen LogP contribution in [0.15, 0.2) is 29.3 Å². The molecule has 6 heteroatoms. The molecule has 5 nitrogen and oxygen atoms in total. The zero-order chi connectivity index (χ0) is 14.4. The number of likely N-dealkylation sites (tertiary alicyclic amines) is 1. The summed E-state index contributed by atoms with van der Waals surface area (Å²) in [5, 5.41) is 12.5. The lowest BCUT2D eigenvalue weighted by atomic mass is 10.1. The first kappa shape index (κ1) is 18.2. The largest absolute Gasteiger partial charge is 0.393 e. The topological polar surface area (TPSA) is 73.9 Å². The minimum atomic E-state index is -0.106. The third kappa shape index (κ3) is 6.19. The molecule has 1 saturated heterocycles. The van der Waals surface area contributed by atoms with E-state index in [2.05, 4.69) is 39.5 Å². The normalized spacial score (nSPS) is 17.3. The first-order valence-electron chi connectivity index (χ1n) is 7.11. The highest BCUT2D eigenvalue weighted by molar-refractivity contribution is 14.0. The van der Waals surface area contributed by atoms with Crippen LogP contribution in [-0.4, -0.2) is 42.2 Å². The highest BCUT2D eigenvalue weighted by Crippen LogP contribution is 2.14. The van der Waals surface area contributed by atoms with Gasteiger partial charge in [-0.15, -0.1) is 24.0 Å². The maximum absolute atomic E-state index is 9.50. The minimum absolute atomic E-state index is 0. The Kier molecular flexibility index (Phi) is 7.98. The van der Waals surface area contributed by atoms with Crippen LogP contribution in [0.5, 0.6) is 0 Å². The van der Waals surface area contributed by atoms with Gasteiger partial charge in [0.2, 0.25) is 0 Å². The van der Waals surface area contributed by atoms with E-state index < -0.39 is 0 Å². The number of piperidine rings is 1. The van der Waals surface area contributed by atoms with E-state index in [9.17, 15) is 5.11 Å². The molecule has 0 aliphatic carbocycles. The van der Waals surface area contributed by atoms with Gasteiger partial charge in [-0.25, -0.2) is 0 Å². The molecule has 0 aromatic heterocycles. The molecule has 1 aromatic carbocycles. The fourth-order valence-corrected chi connectivity index (χ4v) is 2.37. The van der Waals surface area contributed by atoms with E-state index >= 15 is 0 Å². The van der Waals surface area contributed by atoms with Crippen LogP contribution >= 0.6 is 24.0 Å². The van der Waals surface area contributed by atoms with Gasteiger partial charge >= 0.3 is 0 Å². The number of guanidine groups is 1. The third-order valence-electron chi connectivity index (χ3n) is 3.70. The molecular formula is C15H25IN4O. The second kappa shape index (κ2) is 9.22. The number of aliphatic hydroxyl groups excluding tert-OH is 1. The lowest BCUT2D eigenvalue weighted by Crippen LogP contribution is -2.35. The smallest absolute Gasteiger partial charge is 0.188 e. The van der Waals surface area contributed by atoms with E-state index in [1.807, 2.05) is 0 Å². The molecule has 0 saturated carbocycles. The van der Waals surface area contributed by atoms with Crippen molar-refractivity contribution in [1.29, 1.82) is 0 Å². The van der Waals surface area contributed by atoms with Crippen molar-refractivity contribution in [1.82, 2.24) is 10.2 Å². The van der Waals surface area contributed by atoms with E-state index in [0.29, 0.717) is 12.5 Å². The third-order valence-corrected chi connectivity index (χ3v) is 3.70. The van der Waals surface area contributed by atoms with Gasteiger partial charge in [-0.3, -0.25) is 9.89 Å². The van der Waals surface area contributed by atoms with Crippen LogP contribution in [0.1, 0.15) is 24.0 Å². The molecule has 1 heterocycles. The molecule has 1 fully saturated rings. The van der Waals surface area contributed by atoms with Crippen LogP contribution < -0.4 is 11.1 Å². The van der Waals surface area contributed by atoms with Gasteiger partial charge in [0.15, 0.2) is 5.96 Å². The Morgan fingerprint density at radius 3 is 2.43 bits per heavy atom. The van der Waals surface area contributed by atoms with Crippen molar-refractivity contribution < 1.29 is 5.11 Å². The van der Waals surface area contributed by atoms with E-state index in [0.717, 1.165) is 32.5 Å². The summed E-state index contributed by atoms with van der Waals surface area (Å²) < 4.78 is 0. The summed E-state index contributed by atoms with van der Waals surface area (Å²) in [5.41, 5.74) is 8.09. The summed E-state index contributed by atoms with van der Waals surface area (Å²) in [7, 11) is 1.67. The number of benzene rings is 1. The van der Waals surface area contributed by atoms with Crippen molar-refractivity contribution >= 4 is 29.9 Å². The SMILES string of the molecule is CN=C(N)NCc1ccc(CN2CCC(O)CC2)cc1.I. The van der Waals surface area contributed by atoms with Crippen molar-refractivity contribution in [3.8, 4) is 0 Å². The predicted molar refractivity (Wildman–Crippen MR) is 96.8 cm³/mol. The molecular weight excluding hydrogens is 379 g/mol. The van der Waals surface area contributed by atoms with Gasteiger partial charge in [0.05, 0.1) is 6.10 Å². The molecule has 0 unspecified atom stereocenters. The zero-order valence-electron chi connectivity index (χ0n) is 12.5. The zero-order valence-corrected chi connectivity index (χ0v) is 14.8. The molecule has 0 bridgehead atoms. The standard InChI is InChI=1S/C15H24N4O.HI/c1-17-15(16)18-10-12-2-4-13(5-3-12)11-19-8-6-14(20)7-9-19;/h2-5,14,20H,6-11H2,1H3,(H3,16,17,18);1H. The molecule has 0 amide bonds. The Morgan fingerprint density at radius 2 is 1.86 bits per heavy atom. The number of halogens is 1. The Hall–Kier alpha value is -0.860. The highest BCUT2D eigenvalue weighted by Gasteiger charge is 2.16. The summed E-state index contributed by atoms with van der Waals surface area (Å²) in [6, 6.07) is 8.54. The summed E-state index contributed by atoms with van der Waals surface area (Å²) in [6.07, 6.45) is 1.67. The lowest BCUT2D eigenvalue weighted by Gasteiger charge is -2.29. The van der Waals surface area contributed by atoms with Gasteiger partial charge in [0.1, 0.15) is 0 Å². The van der Waals surface area contributed by atoms with Crippen molar-refractivity contribution in [3.63, 3.8) is 0 Å². The van der Waals surface area contributed by atoms with Gasteiger partial charge in [-0.1, -0.05) is 24.3 Å². The number of nitrogens with one attached hydrogen (secondary N) is 1. The van der Waals surface area contributed by atoms with Crippen molar-refractivity contribution in [2.24, 2.45) is 10.7 Å². The number of hydrogen-bond acceptors (Lipinski definition) is 3. The molecule has 1 aliphatic rings. The number of hydrogen-bond donors (Lipinski definition) is 3. The molecule has 0 atom stereocenters. The van der Waals surface area contributed by atoms with Gasteiger partial charge in [0, 0.05) is 33.2 Å². The van der Waals surface area contributed by atoms with Crippen molar-refractivity contribution in [3.05, 3.63) is 35.4 Å². The molecule has 1 aromatic rings. The lowest BCUT2D eigenvalue weighted by molar-refractivity contribution is 0.0792. The van der Waals surface area contributed by atoms with E-state index in [1.54, 1.807) is 7.05 Å². The number of aliphatic hydroxyl groups is 1. The van der Waals surface area contributed by atoms with Crippen LogP contribution in [0.25, 0.3) is 0 Å². The average molecular weight is 404 g/mol. The number of rotatable bonds is 4. The summed E-state index contributed by atoms with van der Waals surface area (Å²) in [6.45, 7) is 3.61. The fraction of sp³-hybridized carbons (Fsp3) is 0.533. The minimum Gasteiger partial charge on any atom is -0.393 e. The summed E-state index contributed by atoms with van der Waals surface area (Å²) >= 11 is 0. The first-order chi connectivity index (χ1) is 9.67.